The van der Waals surface area contributed by atoms with Gasteiger partial charge in [0.05, 0.1) is 13.3 Å². The van der Waals surface area contributed by atoms with E-state index >= 15 is 0 Å². The molecule has 28 heavy (non-hydrogen) atoms. The lowest BCUT2D eigenvalue weighted by Crippen LogP contribution is -2.58. The molecule has 1 heterocycles. The van der Waals surface area contributed by atoms with Crippen molar-refractivity contribution in [3.63, 3.8) is 0 Å². The van der Waals surface area contributed by atoms with Gasteiger partial charge in [-0.25, -0.2) is 4.90 Å². The first-order chi connectivity index (χ1) is 13.6. The smallest absolute Gasteiger partial charge is 0.141 e. The van der Waals surface area contributed by atoms with Gasteiger partial charge in [0.2, 0.25) is 0 Å². The monoisotopic (exact) mass is 394 g/mol. The number of anilines is 2. The topological polar surface area (TPSA) is 67.8 Å². The lowest BCUT2D eigenvalue weighted by Gasteiger charge is -2.47. The summed E-state index contributed by atoms with van der Waals surface area (Å²) >= 11 is 6.24. The third-order valence-corrected chi connectivity index (χ3v) is 5.32. The van der Waals surface area contributed by atoms with Crippen molar-refractivity contribution in [2.75, 3.05) is 12.0 Å². The maximum atomic E-state index is 6.72. The minimum absolute atomic E-state index is 0.316. The first-order valence-electron chi connectivity index (χ1n) is 9.12. The van der Waals surface area contributed by atoms with Crippen LogP contribution in [0.5, 0.6) is 5.75 Å². The molecule has 0 amide bonds. The normalized spacial score (nSPS) is 19.4. The summed E-state index contributed by atoms with van der Waals surface area (Å²) in [5.41, 5.74) is 17.4. The largest absolute Gasteiger partial charge is 0.497 e. The molecule has 0 aliphatic carbocycles. The quantitative estimate of drug-likeness (QED) is 0.694. The SMILES string of the molecule is COc1ccc(CN2C(N)c3ccccc3N(c3cccc(Cl)c3)C2N)cc1. The summed E-state index contributed by atoms with van der Waals surface area (Å²) < 4.78 is 5.25. The Kier molecular flexibility index (Phi) is 5.24. The van der Waals surface area contributed by atoms with Crippen molar-refractivity contribution >= 4 is 23.0 Å². The molecule has 2 atom stereocenters. The highest BCUT2D eigenvalue weighted by molar-refractivity contribution is 6.30. The van der Waals surface area contributed by atoms with Crippen molar-refractivity contribution in [1.29, 1.82) is 0 Å². The summed E-state index contributed by atoms with van der Waals surface area (Å²) in [6, 6.07) is 23.7. The number of nitrogens with zero attached hydrogens (tertiary/aromatic N) is 2. The van der Waals surface area contributed by atoms with E-state index in [2.05, 4.69) is 9.80 Å². The number of rotatable bonds is 4. The number of fused-ring (bicyclic) bond motifs is 1. The molecule has 3 aromatic carbocycles. The molecule has 0 radical (unpaired) electrons. The van der Waals surface area contributed by atoms with Crippen LogP contribution in [-0.4, -0.2) is 18.3 Å². The number of nitrogens with two attached hydrogens (primary N) is 2. The lowest BCUT2D eigenvalue weighted by atomic mass is 10.0. The van der Waals surface area contributed by atoms with Gasteiger partial charge in [-0.15, -0.1) is 0 Å². The van der Waals surface area contributed by atoms with Gasteiger partial charge in [-0.3, -0.25) is 5.73 Å². The molecule has 0 aromatic heterocycles. The van der Waals surface area contributed by atoms with Crippen molar-refractivity contribution in [3.05, 3.63) is 88.9 Å². The highest BCUT2D eigenvalue weighted by Gasteiger charge is 2.36. The fourth-order valence-electron chi connectivity index (χ4n) is 3.64. The van der Waals surface area contributed by atoms with Crippen LogP contribution >= 0.6 is 11.6 Å². The molecule has 4 N–H and O–H groups in total. The molecule has 6 heteroatoms. The third kappa shape index (κ3) is 3.45. The average Bonchev–Trinajstić information content (AvgIpc) is 2.72. The number of methoxy groups -OCH3 is 1. The molecule has 0 spiro atoms. The van der Waals surface area contributed by atoms with Gasteiger partial charge in [-0.05, 0) is 42.0 Å². The predicted octanol–water partition coefficient (Wildman–Crippen LogP) is 4.20. The van der Waals surface area contributed by atoms with Crippen molar-refractivity contribution in [2.24, 2.45) is 11.5 Å². The van der Waals surface area contributed by atoms with E-state index in [0.29, 0.717) is 11.6 Å². The number of para-hydroxylation sites is 1. The summed E-state index contributed by atoms with van der Waals surface area (Å²) in [7, 11) is 1.66. The first-order valence-corrected chi connectivity index (χ1v) is 9.50. The van der Waals surface area contributed by atoms with Crippen molar-refractivity contribution in [3.8, 4) is 5.75 Å². The number of hydrogen-bond acceptors (Lipinski definition) is 5. The second kappa shape index (κ2) is 7.81. The molecule has 3 aromatic rings. The predicted molar refractivity (Wildman–Crippen MR) is 113 cm³/mol. The highest BCUT2D eigenvalue weighted by atomic mass is 35.5. The van der Waals surface area contributed by atoms with E-state index in [1.54, 1.807) is 7.11 Å². The Bertz CT molecular complexity index is 963. The zero-order valence-corrected chi connectivity index (χ0v) is 16.4. The summed E-state index contributed by atoms with van der Waals surface area (Å²) in [6.07, 6.45) is -0.755. The van der Waals surface area contributed by atoms with Crippen LogP contribution in [0.3, 0.4) is 0 Å². The van der Waals surface area contributed by atoms with E-state index in [1.165, 1.54) is 0 Å². The molecule has 144 valence electrons. The van der Waals surface area contributed by atoms with Gasteiger partial charge >= 0.3 is 0 Å². The van der Waals surface area contributed by atoms with Gasteiger partial charge in [-0.1, -0.05) is 48.0 Å². The summed E-state index contributed by atoms with van der Waals surface area (Å²) in [5.74, 6) is 0.821. The molecule has 1 aliphatic rings. The fraction of sp³-hybridized carbons (Fsp3) is 0.182. The Labute approximate surface area is 170 Å². The van der Waals surface area contributed by atoms with Gasteiger partial charge in [0, 0.05) is 28.5 Å². The molecule has 0 bridgehead atoms. The number of ether oxygens (including phenoxy) is 1. The Morgan fingerprint density at radius 1 is 0.964 bits per heavy atom. The maximum absolute atomic E-state index is 6.72. The summed E-state index contributed by atoms with van der Waals surface area (Å²) in [6.45, 7) is 0.609. The van der Waals surface area contributed by atoms with E-state index < -0.39 is 6.29 Å². The van der Waals surface area contributed by atoms with Crippen LogP contribution in [0.1, 0.15) is 17.3 Å². The van der Waals surface area contributed by atoms with Crippen molar-refractivity contribution in [2.45, 2.75) is 19.0 Å². The van der Waals surface area contributed by atoms with E-state index in [-0.39, 0.29) is 6.17 Å². The second-order valence-corrected chi connectivity index (χ2v) is 7.22. The molecule has 0 saturated heterocycles. The van der Waals surface area contributed by atoms with Gasteiger partial charge in [0.15, 0.2) is 0 Å². The number of hydrogen-bond donors (Lipinski definition) is 2. The van der Waals surface area contributed by atoms with Gasteiger partial charge < -0.3 is 15.4 Å². The summed E-state index contributed by atoms with van der Waals surface area (Å²) in [5, 5.41) is 0.666. The van der Waals surface area contributed by atoms with Crippen LogP contribution in [0.15, 0.2) is 72.8 Å². The van der Waals surface area contributed by atoms with Crippen molar-refractivity contribution in [1.82, 2.24) is 4.90 Å². The van der Waals surface area contributed by atoms with Crippen LogP contribution < -0.4 is 21.1 Å². The minimum Gasteiger partial charge on any atom is -0.497 e. The van der Waals surface area contributed by atoms with Gasteiger partial charge in [0.1, 0.15) is 12.0 Å². The standard InChI is InChI=1S/C22H23ClN4O/c1-28-18-11-9-15(10-12-18)14-26-21(24)19-7-2-3-8-20(19)27(22(26)25)17-6-4-5-16(23)13-17/h2-13,21-22H,14,24-25H2,1H3. The Hall–Kier alpha value is -2.57. The van der Waals surface area contributed by atoms with Crippen LogP contribution in [0, 0.1) is 0 Å². The minimum atomic E-state index is -0.439. The van der Waals surface area contributed by atoms with E-state index in [1.807, 2.05) is 72.8 Å². The third-order valence-electron chi connectivity index (χ3n) is 5.09. The van der Waals surface area contributed by atoms with E-state index in [9.17, 15) is 0 Å². The Morgan fingerprint density at radius 2 is 1.71 bits per heavy atom. The van der Waals surface area contributed by atoms with Gasteiger partial charge in [0.25, 0.3) is 0 Å². The van der Waals surface area contributed by atoms with Gasteiger partial charge in [-0.2, -0.15) is 0 Å². The molecule has 0 saturated carbocycles. The average molecular weight is 395 g/mol. The van der Waals surface area contributed by atoms with E-state index in [0.717, 1.165) is 28.3 Å². The van der Waals surface area contributed by atoms with Crippen LogP contribution in [0.25, 0.3) is 0 Å². The number of halogens is 1. The molecule has 5 nitrogen and oxygen atoms in total. The number of benzene rings is 3. The fourth-order valence-corrected chi connectivity index (χ4v) is 3.83. The molecule has 4 rings (SSSR count). The molecular weight excluding hydrogens is 372 g/mol. The van der Waals surface area contributed by atoms with E-state index in [4.69, 9.17) is 27.8 Å². The zero-order valence-electron chi connectivity index (χ0n) is 15.6. The summed E-state index contributed by atoms with van der Waals surface area (Å²) in [4.78, 5) is 4.15. The van der Waals surface area contributed by atoms with Crippen LogP contribution in [0.2, 0.25) is 5.02 Å². The highest BCUT2D eigenvalue weighted by Crippen LogP contribution is 2.40. The Balaban J connectivity index is 1.73. The zero-order chi connectivity index (χ0) is 19.7. The Morgan fingerprint density at radius 3 is 2.43 bits per heavy atom. The molecular formula is C22H23ClN4O. The maximum Gasteiger partial charge on any atom is 0.141 e. The van der Waals surface area contributed by atoms with Crippen molar-refractivity contribution < 1.29 is 4.74 Å². The van der Waals surface area contributed by atoms with Crippen LogP contribution in [0.4, 0.5) is 11.4 Å². The second-order valence-electron chi connectivity index (χ2n) is 6.79. The molecule has 1 aliphatic heterocycles. The van der Waals surface area contributed by atoms with Crippen LogP contribution in [-0.2, 0) is 6.54 Å². The first kappa shape index (κ1) is 18.8. The molecule has 2 unspecified atom stereocenters. The molecule has 0 fully saturated rings. The lowest BCUT2D eigenvalue weighted by molar-refractivity contribution is 0.121.